The van der Waals surface area contributed by atoms with Crippen LogP contribution in [0.2, 0.25) is 0 Å². The molecule has 0 spiro atoms. The fourth-order valence-corrected chi connectivity index (χ4v) is 4.78. The summed E-state index contributed by atoms with van der Waals surface area (Å²) in [5.74, 6) is 1.03. The molecule has 2 heterocycles. The van der Waals surface area contributed by atoms with Crippen LogP contribution >= 0.6 is 11.8 Å². The summed E-state index contributed by atoms with van der Waals surface area (Å²) >= 11 is 1.55. The third-order valence-corrected chi connectivity index (χ3v) is 6.41. The summed E-state index contributed by atoms with van der Waals surface area (Å²) in [5, 5.41) is 3.64. The molecule has 7 heteroatoms. The van der Waals surface area contributed by atoms with E-state index in [9.17, 15) is 9.59 Å². The number of methoxy groups -OCH3 is 1. The molecule has 30 heavy (non-hydrogen) atoms. The molecule has 2 aliphatic rings. The highest BCUT2D eigenvalue weighted by molar-refractivity contribution is 8.14. The molecule has 2 aromatic carbocycles. The first-order chi connectivity index (χ1) is 14.6. The number of benzene rings is 2. The van der Waals surface area contributed by atoms with Crippen LogP contribution in [-0.4, -0.2) is 36.4 Å². The Morgan fingerprint density at radius 3 is 2.67 bits per heavy atom. The largest absolute Gasteiger partial charge is 0.496 e. The fourth-order valence-electron chi connectivity index (χ4n) is 4.05. The molecule has 1 fully saturated rings. The van der Waals surface area contributed by atoms with Gasteiger partial charge >= 0.3 is 0 Å². The highest BCUT2D eigenvalue weighted by atomic mass is 32.2. The highest BCUT2D eigenvalue weighted by Crippen LogP contribution is 2.43. The van der Waals surface area contributed by atoms with Gasteiger partial charge in [0.25, 0.3) is 0 Å². The Bertz CT molecular complexity index is 974. The second-order valence-electron chi connectivity index (χ2n) is 7.46. The van der Waals surface area contributed by atoms with Crippen molar-refractivity contribution >= 4 is 34.4 Å². The number of anilines is 1. The van der Waals surface area contributed by atoms with E-state index in [0.717, 1.165) is 29.1 Å². The average molecular weight is 424 g/mol. The van der Waals surface area contributed by atoms with Crippen molar-refractivity contribution in [3.05, 3.63) is 59.7 Å². The Hall–Kier alpha value is -2.80. The number of thioether (sulfide) groups is 1. The molecule has 6 nitrogen and oxygen atoms in total. The summed E-state index contributed by atoms with van der Waals surface area (Å²) in [6.07, 6.45) is 0.797. The zero-order valence-corrected chi connectivity index (χ0v) is 17.9. The van der Waals surface area contributed by atoms with Crippen molar-refractivity contribution in [1.82, 2.24) is 5.32 Å². The standard InChI is InChI=1S/C23H25N3O3S/c1-15-7-9-16(10-8-15)26-20(27)12-11-18(22(28)25-23-24-13-14-30-23)21(26)17-5-3-4-6-19(17)29-2/h3-10,18,21H,11-14H2,1-2H3,(H,24,25,28)/t18-,21-/m0/s1. The molecule has 2 aliphatic heterocycles. The van der Waals surface area contributed by atoms with Gasteiger partial charge in [-0.2, -0.15) is 0 Å². The molecule has 0 radical (unpaired) electrons. The number of hydrogen-bond donors (Lipinski definition) is 1. The molecule has 0 aliphatic carbocycles. The predicted octanol–water partition coefficient (Wildman–Crippen LogP) is 3.71. The highest BCUT2D eigenvalue weighted by Gasteiger charge is 2.43. The number of nitrogens with zero attached hydrogens (tertiary/aromatic N) is 2. The Morgan fingerprint density at radius 1 is 1.20 bits per heavy atom. The molecule has 1 N–H and O–H groups in total. The normalized spacial score (nSPS) is 21.3. The van der Waals surface area contributed by atoms with Gasteiger partial charge in [-0.1, -0.05) is 47.7 Å². The van der Waals surface area contributed by atoms with Crippen molar-refractivity contribution in [2.24, 2.45) is 10.9 Å². The van der Waals surface area contributed by atoms with Gasteiger partial charge in [0.1, 0.15) is 5.75 Å². The van der Waals surface area contributed by atoms with E-state index in [4.69, 9.17) is 4.74 Å². The first kappa shape index (κ1) is 20.5. The van der Waals surface area contributed by atoms with E-state index in [1.54, 1.807) is 23.8 Å². The second kappa shape index (κ2) is 8.92. The Morgan fingerprint density at radius 2 is 1.97 bits per heavy atom. The van der Waals surface area contributed by atoms with Gasteiger partial charge in [0.2, 0.25) is 11.8 Å². The minimum atomic E-state index is -0.461. The number of rotatable bonds is 4. The molecular formula is C23H25N3O3S. The van der Waals surface area contributed by atoms with Crippen LogP contribution in [-0.2, 0) is 9.59 Å². The van der Waals surface area contributed by atoms with E-state index in [-0.39, 0.29) is 11.8 Å². The van der Waals surface area contributed by atoms with E-state index >= 15 is 0 Å². The number of ether oxygens (including phenoxy) is 1. The van der Waals surface area contributed by atoms with Crippen LogP contribution in [0.5, 0.6) is 5.75 Å². The van der Waals surface area contributed by atoms with Gasteiger partial charge in [0, 0.05) is 23.4 Å². The van der Waals surface area contributed by atoms with Crippen molar-refractivity contribution in [1.29, 1.82) is 0 Å². The fraction of sp³-hybridized carbons (Fsp3) is 0.348. The van der Waals surface area contributed by atoms with Crippen LogP contribution in [0.25, 0.3) is 0 Å². The molecule has 0 bridgehead atoms. The lowest BCUT2D eigenvalue weighted by Gasteiger charge is -2.41. The number of aryl methyl sites for hydroxylation is 1. The quantitative estimate of drug-likeness (QED) is 0.814. The monoisotopic (exact) mass is 423 g/mol. The molecule has 0 saturated carbocycles. The van der Waals surface area contributed by atoms with Crippen LogP contribution in [0.15, 0.2) is 53.5 Å². The van der Waals surface area contributed by atoms with E-state index in [0.29, 0.717) is 23.8 Å². The number of para-hydroxylation sites is 1. The molecule has 0 aromatic heterocycles. The van der Waals surface area contributed by atoms with Gasteiger partial charge in [-0.3, -0.25) is 14.6 Å². The van der Waals surface area contributed by atoms with E-state index in [1.807, 2.05) is 55.5 Å². The number of amides is 2. The van der Waals surface area contributed by atoms with Crippen molar-refractivity contribution in [3.8, 4) is 5.75 Å². The Kier molecular flexibility index (Phi) is 6.08. The number of aliphatic imine (C=N–C) groups is 1. The Balaban J connectivity index is 1.77. The second-order valence-corrected chi connectivity index (χ2v) is 8.54. The molecule has 4 rings (SSSR count). The molecule has 1 saturated heterocycles. The minimum Gasteiger partial charge on any atom is -0.496 e. The van der Waals surface area contributed by atoms with Gasteiger partial charge in [-0.25, -0.2) is 0 Å². The molecule has 0 unspecified atom stereocenters. The van der Waals surface area contributed by atoms with E-state index in [1.165, 1.54) is 0 Å². The molecular weight excluding hydrogens is 398 g/mol. The van der Waals surface area contributed by atoms with Crippen LogP contribution in [0.4, 0.5) is 5.69 Å². The topological polar surface area (TPSA) is 71.0 Å². The lowest BCUT2D eigenvalue weighted by Crippen LogP contribution is -2.49. The summed E-state index contributed by atoms with van der Waals surface area (Å²) in [5.41, 5.74) is 2.73. The van der Waals surface area contributed by atoms with Crippen LogP contribution in [0.1, 0.15) is 30.0 Å². The van der Waals surface area contributed by atoms with Crippen LogP contribution in [0.3, 0.4) is 0 Å². The first-order valence-corrected chi connectivity index (χ1v) is 11.1. The summed E-state index contributed by atoms with van der Waals surface area (Å²) < 4.78 is 5.60. The Labute approximate surface area is 180 Å². The third-order valence-electron chi connectivity index (χ3n) is 5.52. The summed E-state index contributed by atoms with van der Waals surface area (Å²) in [6.45, 7) is 2.73. The van der Waals surface area contributed by atoms with Gasteiger partial charge in [-0.05, 0) is 31.5 Å². The molecule has 156 valence electrons. The van der Waals surface area contributed by atoms with Crippen molar-refractivity contribution in [2.75, 3.05) is 24.3 Å². The zero-order valence-electron chi connectivity index (χ0n) is 17.1. The maximum absolute atomic E-state index is 13.3. The van der Waals surface area contributed by atoms with Crippen LogP contribution in [0, 0.1) is 12.8 Å². The number of piperidine rings is 1. The van der Waals surface area contributed by atoms with Gasteiger partial charge in [0.15, 0.2) is 5.17 Å². The maximum atomic E-state index is 13.3. The molecule has 2 amide bonds. The predicted molar refractivity (Wildman–Crippen MR) is 120 cm³/mol. The number of carbonyl (C=O) groups excluding carboxylic acids is 2. The average Bonchev–Trinajstić information content (AvgIpc) is 3.27. The first-order valence-electron chi connectivity index (χ1n) is 10.1. The minimum absolute atomic E-state index is 0.00592. The van der Waals surface area contributed by atoms with Crippen molar-refractivity contribution < 1.29 is 14.3 Å². The zero-order chi connectivity index (χ0) is 21.1. The van der Waals surface area contributed by atoms with Gasteiger partial charge < -0.3 is 15.0 Å². The third kappa shape index (κ3) is 4.07. The van der Waals surface area contributed by atoms with Crippen molar-refractivity contribution in [3.63, 3.8) is 0 Å². The maximum Gasteiger partial charge on any atom is 0.231 e. The lowest BCUT2D eigenvalue weighted by atomic mass is 9.82. The summed E-state index contributed by atoms with van der Waals surface area (Å²) in [7, 11) is 1.61. The van der Waals surface area contributed by atoms with Gasteiger partial charge in [0.05, 0.1) is 25.6 Å². The smallest absolute Gasteiger partial charge is 0.231 e. The van der Waals surface area contributed by atoms with Crippen LogP contribution < -0.4 is 15.0 Å². The van der Waals surface area contributed by atoms with Gasteiger partial charge in [-0.15, -0.1) is 0 Å². The molecule has 2 atom stereocenters. The SMILES string of the molecule is COc1ccccc1[C@H]1[C@@H](C(=O)NC2=NCCS2)CCC(=O)N1c1ccc(C)cc1. The molecule has 2 aromatic rings. The lowest BCUT2D eigenvalue weighted by molar-refractivity contribution is -0.128. The van der Waals surface area contributed by atoms with Crippen molar-refractivity contribution in [2.45, 2.75) is 25.8 Å². The number of nitrogens with one attached hydrogen (secondary N) is 1. The number of hydrogen-bond acceptors (Lipinski definition) is 5. The van der Waals surface area contributed by atoms with E-state index in [2.05, 4.69) is 10.3 Å². The summed E-state index contributed by atoms with van der Waals surface area (Å²) in [6, 6.07) is 15.0. The number of amidine groups is 1. The van der Waals surface area contributed by atoms with E-state index < -0.39 is 12.0 Å². The number of carbonyl (C=O) groups is 2. The summed E-state index contributed by atoms with van der Waals surface area (Å²) in [4.78, 5) is 32.5.